The summed E-state index contributed by atoms with van der Waals surface area (Å²) in [6, 6.07) is 10.1. The van der Waals surface area contributed by atoms with Crippen LogP contribution in [0.1, 0.15) is 28.2 Å². The molecule has 2 aromatic heterocycles. The van der Waals surface area contributed by atoms with Gasteiger partial charge in [-0.1, -0.05) is 30.3 Å². The first-order valence-electron chi connectivity index (χ1n) is 8.51. The van der Waals surface area contributed by atoms with Crippen LogP contribution in [-0.2, 0) is 18.4 Å². The molecule has 0 spiro atoms. The monoisotopic (exact) mass is 349 g/mol. The highest BCUT2D eigenvalue weighted by molar-refractivity contribution is 6.02. The van der Waals surface area contributed by atoms with Gasteiger partial charge in [0.2, 0.25) is 5.91 Å². The Morgan fingerprint density at radius 3 is 2.54 bits per heavy atom. The Labute approximate surface area is 153 Å². The molecule has 6 heteroatoms. The summed E-state index contributed by atoms with van der Waals surface area (Å²) in [7, 11) is 1.88. The molecule has 0 saturated heterocycles. The number of benzene rings is 1. The molecule has 1 amide bonds. The molecule has 0 aliphatic carbocycles. The Morgan fingerprint density at radius 2 is 1.88 bits per heavy atom. The molecule has 2 heterocycles. The number of anilines is 1. The van der Waals surface area contributed by atoms with Gasteiger partial charge in [0.15, 0.2) is 0 Å². The van der Waals surface area contributed by atoms with E-state index in [-0.39, 0.29) is 5.91 Å². The van der Waals surface area contributed by atoms with Gasteiger partial charge in [0.05, 0.1) is 29.8 Å². The van der Waals surface area contributed by atoms with Crippen molar-refractivity contribution in [3.63, 3.8) is 0 Å². The van der Waals surface area contributed by atoms with Gasteiger partial charge in [-0.2, -0.15) is 10.2 Å². The van der Waals surface area contributed by atoms with Gasteiger partial charge in [0.25, 0.3) is 0 Å². The minimum absolute atomic E-state index is 0.182. The van der Waals surface area contributed by atoms with E-state index in [0.717, 1.165) is 28.3 Å². The summed E-state index contributed by atoms with van der Waals surface area (Å²) >= 11 is 0. The number of nitrogens with zero attached hydrogens (tertiary/aromatic N) is 4. The van der Waals surface area contributed by atoms with E-state index >= 15 is 0 Å². The Bertz CT molecular complexity index is 950. The number of amides is 1. The summed E-state index contributed by atoms with van der Waals surface area (Å²) in [5, 5.41) is 11.7. The first-order valence-corrected chi connectivity index (χ1v) is 8.51. The van der Waals surface area contributed by atoms with Gasteiger partial charge in [-0.05, 0) is 32.4 Å². The number of rotatable bonds is 5. The molecule has 1 N–H and O–H groups in total. The maximum Gasteiger partial charge on any atom is 0.248 e. The van der Waals surface area contributed by atoms with E-state index < -0.39 is 0 Å². The van der Waals surface area contributed by atoms with Gasteiger partial charge in [-0.3, -0.25) is 14.2 Å². The minimum atomic E-state index is -0.182. The Hall–Kier alpha value is -3.15. The van der Waals surface area contributed by atoms with Crippen LogP contribution in [0.2, 0.25) is 0 Å². The molecule has 6 nitrogen and oxygen atoms in total. The first kappa shape index (κ1) is 17.7. The van der Waals surface area contributed by atoms with E-state index in [4.69, 9.17) is 0 Å². The third-order valence-electron chi connectivity index (χ3n) is 4.49. The van der Waals surface area contributed by atoms with Crippen molar-refractivity contribution in [2.45, 2.75) is 27.3 Å². The molecular weight excluding hydrogens is 326 g/mol. The predicted molar refractivity (Wildman–Crippen MR) is 103 cm³/mol. The lowest BCUT2D eigenvalue weighted by molar-refractivity contribution is -0.111. The third kappa shape index (κ3) is 3.74. The standard InChI is InChI=1S/C20H23N5O/c1-14-20(16(3)25(23-14)13-17-8-6-5-7-9-17)22-19(26)11-10-18-12-21-24(4)15(18)2/h5-12H,13H2,1-4H3,(H,22,26)/b11-10-. The zero-order valence-corrected chi connectivity index (χ0v) is 15.5. The molecule has 0 radical (unpaired) electrons. The molecule has 0 atom stereocenters. The van der Waals surface area contributed by atoms with Crippen molar-refractivity contribution in [3.05, 3.63) is 70.8 Å². The molecule has 0 bridgehead atoms. The maximum absolute atomic E-state index is 12.3. The number of nitrogens with one attached hydrogen (secondary N) is 1. The Balaban J connectivity index is 1.73. The first-order chi connectivity index (χ1) is 12.5. The fourth-order valence-corrected chi connectivity index (χ4v) is 2.80. The summed E-state index contributed by atoms with van der Waals surface area (Å²) in [5.41, 5.74) is 5.61. The summed E-state index contributed by atoms with van der Waals surface area (Å²) in [5.74, 6) is -0.182. The van der Waals surface area contributed by atoms with E-state index in [1.165, 1.54) is 11.6 Å². The number of aromatic nitrogens is 4. The quantitative estimate of drug-likeness (QED) is 0.719. The highest BCUT2D eigenvalue weighted by Crippen LogP contribution is 2.20. The van der Waals surface area contributed by atoms with Crippen molar-refractivity contribution in [1.29, 1.82) is 0 Å². The van der Waals surface area contributed by atoms with Crippen LogP contribution in [0.25, 0.3) is 6.08 Å². The van der Waals surface area contributed by atoms with Gasteiger partial charge in [0, 0.05) is 24.4 Å². The van der Waals surface area contributed by atoms with Crippen molar-refractivity contribution in [1.82, 2.24) is 19.6 Å². The van der Waals surface area contributed by atoms with E-state index in [9.17, 15) is 4.79 Å². The SMILES string of the molecule is Cc1nn(Cc2ccccc2)c(C)c1NC(=O)/C=C\c1cnn(C)c1C. The largest absolute Gasteiger partial charge is 0.319 e. The molecule has 134 valence electrons. The van der Waals surface area contributed by atoms with Crippen LogP contribution >= 0.6 is 0 Å². The van der Waals surface area contributed by atoms with Crippen LogP contribution < -0.4 is 5.32 Å². The summed E-state index contributed by atoms with van der Waals surface area (Å²) in [6.45, 7) is 6.51. The van der Waals surface area contributed by atoms with E-state index in [0.29, 0.717) is 6.54 Å². The number of hydrogen-bond donors (Lipinski definition) is 1. The Morgan fingerprint density at radius 1 is 1.15 bits per heavy atom. The fraction of sp³-hybridized carbons (Fsp3) is 0.250. The normalized spacial score (nSPS) is 11.2. The zero-order valence-electron chi connectivity index (χ0n) is 15.5. The van der Waals surface area contributed by atoms with Gasteiger partial charge in [0.1, 0.15) is 0 Å². The van der Waals surface area contributed by atoms with Gasteiger partial charge < -0.3 is 5.32 Å². The molecule has 0 aliphatic heterocycles. The molecule has 0 aliphatic rings. The maximum atomic E-state index is 12.3. The van der Waals surface area contributed by atoms with Crippen LogP contribution in [0.15, 0.2) is 42.6 Å². The lowest BCUT2D eigenvalue weighted by atomic mass is 10.2. The highest BCUT2D eigenvalue weighted by atomic mass is 16.1. The lowest BCUT2D eigenvalue weighted by Crippen LogP contribution is -2.10. The summed E-state index contributed by atoms with van der Waals surface area (Å²) in [6.07, 6.45) is 5.04. The minimum Gasteiger partial charge on any atom is -0.319 e. The average Bonchev–Trinajstić information content (AvgIpc) is 3.08. The van der Waals surface area contributed by atoms with Crippen LogP contribution in [0.5, 0.6) is 0 Å². The number of carbonyl (C=O) groups excluding carboxylic acids is 1. The second kappa shape index (κ2) is 7.39. The van der Waals surface area contributed by atoms with Gasteiger partial charge in [-0.25, -0.2) is 0 Å². The molecule has 26 heavy (non-hydrogen) atoms. The van der Waals surface area contributed by atoms with Crippen LogP contribution in [0.4, 0.5) is 5.69 Å². The molecular formula is C20H23N5O. The third-order valence-corrected chi connectivity index (χ3v) is 4.49. The molecule has 1 aromatic carbocycles. The predicted octanol–water partition coefficient (Wildman–Crippen LogP) is 3.24. The highest BCUT2D eigenvalue weighted by Gasteiger charge is 2.13. The van der Waals surface area contributed by atoms with Gasteiger partial charge >= 0.3 is 0 Å². The second-order valence-electron chi connectivity index (χ2n) is 6.32. The number of carbonyl (C=O) groups is 1. The molecule has 0 saturated carbocycles. The van der Waals surface area contributed by atoms with Crippen molar-refractivity contribution >= 4 is 17.7 Å². The molecule has 3 aromatic rings. The number of hydrogen-bond acceptors (Lipinski definition) is 3. The lowest BCUT2D eigenvalue weighted by Gasteiger charge is -2.06. The molecule has 3 rings (SSSR count). The van der Waals surface area contributed by atoms with Crippen molar-refractivity contribution in [3.8, 4) is 0 Å². The number of aryl methyl sites for hydroxylation is 2. The van der Waals surface area contributed by atoms with E-state index in [1.807, 2.05) is 50.7 Å². The van der Waals surface area contributed by atoms with Crippen LogP contribution in [0, 0.1) is 20.8 Å². The van der Waals surface area contributed by atoms with Crippen LogP contribution in [-0.4, -0.2) is 25.5 Å². The van der Waals surface area contributed by atoms with Crippen LogP contribution in [0.3, 0.4) is 0 Å². The van der Waals surface area contributed by atoms with Crippen molar-refractivity contribution in [2.75, 3.05) is 5.32 Å². The van der Waals surface area contributed by atoms with Crippen molar-refractivity contribution in [2.24, 2.45) is 7.05 Å². The topological polar surface area (TPSA) is 64.7 Å². The molecule has 0 fully saturated rings. The average molecular weight is 349 g/mol. The van der Waals surface area contributed by atoms with E-state index in [1.54, 1.807) is 17.0 Å². The van der Waals surface area contributed by atoms with Gasteiger partial charge in [-0.15, -0.1) is 0 Å². The Kier molecular flexibility index (Phi) is 5.02. The molecule has 0 unspecified atom stereocenters. The van der Waals surface area contributed by atoms with E-state index in [2.05, 4.69) is 27.6 Å². The smallest absolute Gasteiger partial charge is 0.248 e. The summed E-state index contributed by atoms with van der Waals surface area (Å²) < 4.78 is 3.69. The second-order valence-corrected chi connectivity index (χ2v) is 6.32. The van der Waals surface area contributed by atoms with Crippen molar-refractivity contribution < 1.29 is 4.79 Å². The fourth-order valence-electron chi connectivity index (χ4n) is 2.80. The zero-order chi connectivity index (χ0) is 18.7. The summed E-state index contributed by atoms with van der Waals surface area (Å²) in [4.78, 5) is 12.3.